The maximum atomic E-state index is 11.0. The van der Waals surface area contributed by atoms with Crippen molar-refractivity contribution in [3.63, 3.8) is 0 Å². The normalized spacial score (nSPS) is 10.3. The van der Waals surface area contributed by atoms with Crippen molar-refractivity contribution in [3.05, 3.63) is 30.0 Å². The molecule has 6 heteroatoms. The Kier molecular flexibility index (Phi) is 3.18. The van der Waals surface area contributed by atoms with Crippen molar-refractivity contribution in [2.75, 3.05) is 13.7 Å². The summed E-state index contributed by atoms with van der Waals surface area (Å²) in [6, 6.07) is 6.58. The van der Waals surface area contributed by atoms with E-state index in [4.69, 9.17) is 9.84 Å². The van der Waals surface area contributed by atoms with Crippen LogP contribution in [0.25, 0.3) is 10.9 Å². The highest BCUT2D eigenvalue weighted by Crippen LogP contribution is 2.21. The van der Waals surface area contributed by atoms with Gasteiger partial charge < -0.3 is 20.1 Å². The standard InChI is InChI=1S/C12H12N2O4/c1-13-11(15)6-18-8-2-3-9-7(4-8)5-10(14-9)12(16)17/h2-5,14H,6H2,1H3,(H,13,15)(H,16,17). The van der Waals surface area contributed by atoms with E-state index < -0.39 is 5.97 Å². The smallest absolute Gasteiger partial charge is 0.352 e. The molecule has 1 heterocycles. The van der Waals surface area contributed by atoms with Crippen molar-refractivity contribution in [3.8, 4) is 5.75 Å². The minimum atomic E-state index is -1.01. The van der Waals surface area contributed by atoms with Gasteiger partial charge in [0.15, 0.2) is 6.61 Å². The summed E-state index contributed by atoms with van der Waals surface area (Å²) in [5.74, 6) is -0.726. The number of aromatic amines is 1. The van der Waals surface area contributed by atoms with Crippen molar-refractivity contribution in [1.82, 2.24) is 10.3 Å². The van der Waals surface area contributed by atoms with Crippen LogP contribution in [0.15, 0.2) is 24.3 Å². The summed E-state index contributed by atoms with van der Waals surface area (Å²) in [6.07, 6.45) is 0. The molecule has 94 valence electrons. The zero-order chi connectivity index (χ0) is 13.1. The van der Waals surface area contributed by atoms with Crippen molar-refractivity contribution in [2.24, 2.45) is 0 Å². The van der Waals surface area contributed by atoms with Gasteiger partial charge in [0.05, 0.1) is 0 Å². The van der Waals surface area contributed by atoms with Gasteiger partial charge in [-0.05, 0) is 24.3 Å². The Morgan fingerprint density at radius 2 is 2.17 bits per heavy atom. The first-order valence-corrected chi connectivity index (χ1v) is 5.29. The van der Waals surface area contributed by atoms with Gasteiger partial charge in [-0.25, -0.2) is 4.79 Å². The molecule has 0 unspecified atom stereocenters. The molecule has 0 saturated heterocycles. The molecule has 3 N–H and O–H groups in total. The first-order valence-electron chi connectivity index (χ1n) is 5.29. The zero-order valence-corrected chi connectivity index (χ0v) is 9.69. The molecule has 0 fully saturated rings. The van der Waals surface area contributed by atoms with Gasteiger partial charge in [-0.15, -0.1) is 0 Å². The third-order valence-electron chi connectivity index (χ3n) is 2.47. The highest BCUT2D eigenvalue weighted by Gasteiger charge is 2.08. The second-order valence-electron chi connectivity index (χ2n) is 3.70. The van der Waals surface area contributed by atoms with E-state index in [1.807, 2.05) is 0 Å². The van der Waals surface area contributed by atoms with E-state index in [9.17, 15) is 9.59 Å². The zero-order valence-electron chi connectivity index (χ0n) is 9.69. The van der Waals surface area contributed by atoms with Crippen LogP contribution in [0.4, 0.5) is 0 Å². The first-order chi connectivity index (χ1) is 8.60. The van der Waals surface area contributed by atoms with E-state index in [0.717, 1.165) is 5.39 Å². The van der Waals surface area contributed by atoms with Crippen LogP contribution in [0, 0.1) is 0 Å². The summed E-state index contributed by atoms with van der Waals surface area (Å²) < 4.78 is 5.26. The van der Waals surface area contributed by atoms with Gasteiger partial charge in [-0.1, -0.05) is 0 Å². The van der Waals surface area contributed by atoms with Gasteiger partial charge in [0.25, 0.3) is 5.91 Å². The molecule has 2 rings (SSSR count). The fourth-order valence-corrected chi connectivity index (χ4v) is 1.54. The number of carboxylic acid groups (broad SMARTS) is 1. The van der Waals surface area contributed by atoms with Crippen LogP contribution in [-0.4, -0.2) is 35.6 Å². The van der Waals surface area contributed by atoms with Crippen LogP contribution in [-0.2, 0) is 4.79 Å². The monoisotopic (exact) mass is 248 g/mol. The maximum Gasteiger partial charge on any atom is 0.352 e. The molecule has 0 bridgehead atoms. The predicted molar refractivity (Wildman–Crippen MR) is 64.8 cm³/mol. The van der Waals surface area contributed by atoms with Crippen LogP contribution in [0.5, 0.6) is 5.75 Å². The number of rotatable bonds is 4. The molecule has 18 heavy (non-hydrogen) atoms. The Bertz CT molecular complexity index is 603. The van der Waals surface area contributed by atoms with Crippen LogP contribution in [0.3, 0.4) is 0 Å². The highest BCUT2D eigenvalue weighted by molar-refractivity contribution is 5.94. The Morgan fingerprint density at radius 3 is 2.83 bits per heavy atom. The van der Waals surface area contributed by atoms with Gasteiger partial charge in [-0.2, -0.15) is 0 Å². The SMILES string of the molecule is CNC(=O)COc1ccc2[nH]c(C(=O)O)cc2c1. The number of hydrogen-bond acceptors (Lipinski definition) is 3. The second kappa shape index (κ2) is 4.79. The Morgan fingerprint density at radius 1 is 1.39 bits per heavy atom. The quantitative estimate of drug-likeness (QED) is 0.752. The number of carboxylic acids is 1. The fourth-order valence-electron chi connectivity index (χ4n) is 1.54. The van der Waals surface area contributed by atoms with Crippen molar-refractivity contribution in [1.29, 1.82) is 0 Å². The van der Waals surface area contributed by atoms with E-state index in [0.29, 0.717) is 11.3 Å². The lowest BCUT2D eigenvalue weighted by atomic mass is 10.2. The number of aromatic nitrogens is 1. The summed E-state index contributed by atoms with van der Waals surface area (Å²) in [6.45, 7) is -0.0712. The molecule has 1 aromatic carbocycles. The first kappa shape index (κ1) is 12.0. The third-order valence-corrected chi connectivity index (χ3v) is 2.47. The molecule has 0 aliphatic carbocycles. The average Bonchev–Trinajstić information content (AvgIpc) is 2.79. The summed E-state index contributed by atoms with van der Waals surface area (Å²) >= 11 is 0. The number of fused-ring (bicyclic) bond motifs is 1. The topological polar surface area (TPSA) is 91.4 Å². The Labute approximate surface area is 103 Å². The van der Waals surface area contributed by atoms with E-state index >= 15 is 0 Å². The number of likely N-dealkylation sites (N-methyl/N-ethyl adjacent to an activating group) is 1. The van der Waals surface area contributed by atoms with E-state index in [2.05, 4.69) is 10.3 Å². The molecule has 0 spiro atoms. The molecule has 0 atom stereocenters. The number of amides is 1. The van der Waals surface area contributed by atoms with Crippen LogP contribution in [0.1, 0.15) is 10.5 Å². The van der Waals surface area contributed by atoms with Crippen LogP contribution < -0.4 is 10.1 Å². The number of hydrogen-bond donors (Lipinski definition) is 3. The Hall–Kier alpha value is -2.50. The number of H-pyrrole nitrogens is 1. The second-order valence-corrected chi connectivity index (χ2v) is 3.70. The van der Waals surface area contributed by atoms with Crippen molar-refractivity contribution >= 4 is 22.8 Å². The molecule has 0 radical (unpaired) electrons. The molecule has 0 aliphatic heterocycles. The third kappa shape index (κ3) is 2.42. The molecule has 2 aromatic rings. The molecular formula is C12H12N2O4. The number of aromatic carboxylic acids is 1. The molecule has 6 nitrogen and oxygen atoms in total. The maximum absolute atomic E-state index is 11.0. The van der Waals surface area contributed by atoms with Gasteiger partial charge in [0, 0.05) is 18.0 Å². The van der Waals surface area contributed by atoms with Crippen molar-refractivity contribution in [2.45, 2.75) is 0 Å². The van der Waals surface area contributed by atoms with Gasteiger partial charge in [0.2, 0.25) is 0 Å². The Balaban J connectivity index is 2.21. The van der Waals surface area contributed by atoms with Gasteiger partial charge in [0.1, 0.15) is 11.4 Å². The van der Waals surface area contributed by atoms with Gasteiger partial charge >= 0.3 is 5.97 Å². The lowest BCUT2D eigenvalue weighted by Crippen LogP contribution is -2.24. The van der Waals surface area contributed by atoms with Crippen molar-refractivity contribution < 1.29 is 19.4 Å². The minimum Gasteiger partial charge on any atom is -0.484 e. The highest BCUT2D eigenvalue weighted by atomic mass is 16.5. The molecule has 0 aliphatic rings. The van der Waals surface area contributed by atoms with Crippen LogP contribution in [0.2, 0.25) is 0 Å². The number of carbonyl (C=O) groups is 2. The lowest BCUT2D eigenvalue weighted by Gasteiger charge is -2.04. The number of ether oxygens (including phenoxy) is 1. The molecule has 1 aromatic heterocycles. The lowest BCUT2D eigenvalue weighted by molar-refractivity contribution is -0.122. The molecule has 1 amide bonds. The summed E-state index contributed by atoms with van der Waals surface area (Å²) in [5, 5.41) is 12.0. The molecular weight excluding hydrogens is 236 g/mol. The van der Waals surface area contributed by atoms with Gasteiger partial charge in [-0.3, -0.25) is 4.79 Å². The molecule has 0 saturated carbocycles. The van der Waals surface area contributed by atoms with E-state index in [1.165, 1.54) is 13.1 Å². The fraction of sp³-hybridized carbons (Fsp3) is 0.167. The predicted octanol–water partition coefficient (Wildman–Crippen LogP) is 0.991. The van der Waals surface area contributed by atoms with Crippen LogP contribution >= 0.6 is 0 Å². The number of carbonyl (C=O) groups excluding carboxylic acids is 1. The summed E-state index contributed by atoms with van der Waals surface area (Å²) in [7, 11) is 1.53. The number of nitrogens with one attached hydrogen (secondary N) is 2. The largest absolute Gasteiger partial charge is 0.484 e. The average molecular weight is 248 g/mol. The summed E-state index contributed by atoms with van der Waals surface area (Å²) in [5.41, 5.74) is 0.827. The number of benzene rings is 1. The summed E-state index contributed by atoms with van der Waals surface area (Å²) in [4.78, 5) is 24.6. The minimum absolute atomic E-state index is 0.0712. The van der Waals surface area contributed by atoms with E-state index in [-0.39, 0.29) is 18.2 Å². The van der Waals surface area contributed by atoms with E-state index in [1.54, 1.807) is 18.2 Å².